The molecule has 40 heavy (non-hydrogen) atoms. The third kappa shape index (κ3) is 5.28. The van der Waals surface area contributed by atoms with Gasteiger partial charge in [0.25, 0.3) is 0 Å². The fourth-order valence-electron chi connectivity index (χ4n) is 5.50. The summed E-state index contributed by atoms with van der Waals surface area (Å²) >= 11 is 5.79. The fourth-order valence-corrected chi connectivity index (χ4v) is 5.70. The van der Waals surface area contributed by atoms with E-state index < -0.39 is 35.8 Å². The third-order valence-corrected chi connectivity index (χ3v) is 7.84. The lowest BCUT2D eigenvalue weighted by atomic mass is 9.95. The minimum atomic E-state index is -1.42. The van der Waals surface area contributed by atoms with Gasteiger partial charge in [0.15, 0.2) is 5.78 Å². The number of nitrogens with zero attached hydrogens (tertiary/aromatic N) is 2. The SMILES string of the molecule is CC(=O)c1cn(CC(=O)N2C[C@H](F)C[C@H]2C(=O)NCc2cccc(Cl)c2F)c2cc(C3CC(=O)CC3=O)ccc12. The van der Waals surface area contributed by atoms with Crippen LogP contribution in [0.3, 0.4) is 0 Å². The molecule has 2 aromatic carbocycles. The Labute approximate surface area is 233 Å². The van der Waals surface area contributed by atoms with E-state index in [0.29, 0.717) is 22.0 Å². The highest BCUT2D eigenvalue weighted by atomic mass is 35.5. The second-order valence-corrected chi connectivity index (χ2v) is 10.7. The number of halogens is 3. The molecule has 3 aromatic rings. The zero-order valence-electron chi connectivity index (χ0n) is 21.6. The van der Waals surface area contributed by atoms with E-state index in [-0.39, 0.29) is 66.8 Å². The lowest BCUT2D eigenvalue weighted by Crippen LogP contribution is -2.46. The van der Waals surface area contributed by atoms with Crippen LogP contribution in [0.25, 0.3) is 10.9 Å². The normalized spacial score (nSPS) is 20.9. The number of nitrogens with one attached hydrogen (secondary N) is 1. The Morgan fingerprint density at radius 2 is 1.93 bits per heavy atom. The predicted octanol–water partition coefficient (Wildman–Crippen LogP) is 3.91. The van der Waals surface area contributed by atoms with E-state index in [1.165, 1.54) is 25.3 Å². The molecule has 1 saturated heterocycles. The molecule has 11 heteroatoms. The van der Waals surface area contributed by atoms with Crippen molar-refractivity contribution in [1.82, 2.24) is 14.8 Å². The number of hydrogen-bond donors (Lipinski definition) is 1. The van der Waals surface area contributed by atoms with Crippen molar-refractivity contribution in [3.05, 3.63) is 70.1 Å². The van der Waals surface area contributed by atoms with E-state index in [4.69, 9.17) is 11.6 Å². The van der Waals surface area contributed by atoms with Crippen molar-refractivity contribution in [2.75, 3.05) is 6.54 Å². The summed E-state index contributed by atoms with van der Waals surface area (Å²) in [5.74, 6) is -2.96. The van der Waals surface area contributed by atoms with Crippen LogP contribution >= 0.6 is 11.6 Å². The molecule has 0 spiro atoms. The fraction of sp³-hybridized carbons (Fsp3) is 0.345. The summed E-state index contributed by atoms with van der Waals surface area (Å²) in [5.41, 5.74) is 1.64. The number of ketones is 3. The Kier molecular flexibility index (Phi) is 7.55. The number of alkyl halides is 1. The molecule has 1 aliphatic carbocycles. The minimum absolute atomic E-state index is 0.0934. The van der Waals surface area contributed by atoms with Gasteiger partial charge in [-0.1, -0.05) is 35.9 Å². The number of fused-ring (bicyclic) bond motifs is 1. The first kappa shape index (κ1) is 27.6. The van der Waals surface area contributed by atoms with Gasteiger partial charge in [-0.15, -0.1) is 0 Å². The molecule has 2 fully saturated rings. The molecule has 2 amide bonds. The predicted molar refractivity (Wildman–Crippen MR) is 142 cm³/mol. The van der Waals surface area contributed by atoms with Crippen LogP contribution < -0.4 is 5.32 Å². The Morgan fingerprint density at radius 3 is 2.62 bits per heavy atom. The number of rotatable bonds is 7. The Balaban J connectivity index is 1.38. The molecule has 0 bridgehead atoms. The molecule has 3 atom stereocenters. The van der Waals surface area contributed by atoms with Gasteiger partial charge in [0.05, 0.1) is 23.9 Å². The Morgan fingerprint density at radius 1 is 1.15 bits per heavy atom. The summed E-state index contributed by atoms with van der Waals surface area (Å²) < 4.78 is 30.2. The van der Waals surface area contributed by atoms with Crippen LogP contribution in [0, 0.1) is 5.82 Å². The lowest BCUT2D eigenvalue weighted by molar-refractivity contribution is -0.139. The average Bonchev–Trinajstić information content (AvgIpc) is 3.58. The van der Waals surface area contributed by atoms with E-state index in [1.54, 1.807) is 28.8 Å². The third-order valence-electron chi connectivity index (χ3n) is 7.54. The van der Waals surface area contributed by atoms with Crippen LogP contribution in [0.4, 0.5) is 8.78 Å². The summed E-state index contributed by atoms with van der Waals surface area (Å²) in [4.78, 5) is 64.0. The Hall–Kier alpha value is -3.92. The highest BCUT2D eigenvalue weighted by Crippen LogP contribution is 2.33. The van der Waals surface area contributed by atoms with Gasteiger partial charge in [-0.2, -0.15) is 0 Å². The van der Waals surface area contributed by atoms with Gasteiger partial charge in [-0.25, -0.2) is 8.78 Å². The largest absolute Gasteiger partial charge is 0.350 e. The average molecular weight is 570 g/mol. The molecule has 8 nitrogen and oxygen atoms in total. The maximum Gasteiger partial charge on any atom is 0.243 e. The van der Waals surface area contributed by atoms with Gasteiger partial charge in [0, 0.05) is 47.6 Å². The zero-order valence-corrected chi connectivity index (χ0v) is 22.3. The summed E-state index contributed by atoms with van der Waals surface area (Å²) in [6.45, 7) is 0.636. The van der Waals surface area contributed by atoms with E-state index >= 15 is 0 Å². The molecule has 1 saturated carbocycles. The summed E-state index contributed by atoms with van der Waals surface area (Å²) in [6.07, 6.45) is -0.119. The summed E-state index contributed by atoms with van der Waals surface area (Å²) in [7, 11) is 0. The van der Waals surface area contributed by atoms with Crippen LogP contribution in [-0.2, 0) is 32.3 Å². The van der Waals surface area contributed by atoms with Crippen molar-refractivity contribution in [3.8, 4) is 0 Å². The number of hydrogen-bond acceptors (Lipinski definition) is 5. The van der Waals surface area contributed by atoms with Crippen molar-refractivity contribution < 1.29 is 32.8 Å². The van der Waals surface area contributed by atoms with Crippen molar-refractivity contribution in [3.63, 3.8) is 0 Å². The van der Waals surface area contributed by atoms with Gasteiger partial charge in [0.2, 0.25) is 11.8 Å². The molecule has 2 heterocycles. The van der Waals surface area contributed by atoms with Crippen molar-refractivity contribution in [1.29, 1.82) is 0 Å². The first-order chi connectivity index (χ1) is 19.0. The molecule has 1 aromatic heterocycles. The van der Waals surface area contributed by atoms with Gasteiger partial charge in [-0.05, 0) is 24.6 Å². The molecule has 5 rings (SSSR count). The number of carbonyl (C=O) groups is 5. The van der Waals surface area contributed by atoms with E-state index in [0.717, 1.165) is 4.90 Å². The standard InChI is InChI=1S/C29H26ClF2N3O5/c1-15(36)22-13-34(24-7-16(5-6-20(22)24)21-9-19(37)10-26(21)38)14-27(39)35-12-18(31)8-25(35)29(40)33-11-17-3-2-4-23(30)28(17)32/h2-7,13,18,21,25H,8-12,14H2,1H3,(H,33,40)/t18-,21?,25+/m1/s1. The number of amides is 2. The molecular formula is C29H26ClF2N3O5. The first-order valence-electron chi connectivity index (χ1n) is 12.9. The van der Waals surface area contributed by atoms with Crippen molar-refractivity contribution in [2.24, 2.45) is 0 Å². The molecular weight excluding hydrogens is 544 g/mol. The highest BCUT2D eigenvalue weighted by Gasteiger charge is 2.40. The second-order valence-electron chi connectivity index (χ2n) is 10.3. The maximum atomic E-state index is 14.5. The first-order valence-corrected chi connectivity index (χ1v) is 13.2. The van der Waals surface area contributed by atoms with Gasteiger partial charge in [0.1, 0.15) is 36.1 Å². The van der Waals surface area contributed by atoms with E-state index in [9.17, 15) is 32.8 Å². The molecule has 1 aliphatic heterocycles. The van der Waals surface area contributed by atoms with E-state index in [1.807, 2.05) is 0 Å². The number of likely N-dealkylation sites (tertiary alicyclic amines) is 1. The number of carbonyl (C=O) groups excluding carboxylic acids is 5. The zero-order chi connectivity index (χ0) is 28.7. The molecule has 2 aliphatic rings. The number of benzene rings is 2. The van der Waals surface area contributed by atoms with Gasteiger partial charge >= 0.3 is 0 Å². The van der Waals surface area contributed by atoms with Gasteiger partial charge in [-0.3, -0.25) is 24.0 Å². The number of aromatic nitrogens is 1. The van der Waals surface area contributed by atoms with Crippen LogP contribution in [0.15, 0.2) is 42.6 Å². The summed E-state index contributed by atoms with van der Waals surface area (Å²) in [5, 5.41) is 3.04. The quantitative estimate of drug-likeness (QED) is 0.343. The topological polar surface area (TPSA) is 106 Å². The van der Waals surface area contributed by atoms with Crippen LogP contribution in [0.5, 0.6) is 0 Å². The van der Waals surface area contributed by atoms with E-state index in [2.05, 4.69) is 5.32 Å². The lowest BCUT2D eigenvalue weighted by Gasteiger charge is -2.24. The second kappa shape index (κ2) is 10.9. The smallest absolute Gasteiger partial charge is 0.243 e. The van der Waals surface area contributed by atoms with Crippen LogP contribution in [0.2, 0.25) is 5.02 Å². The maximum absolute atomic E-state index is 14.5. The monoisotopic (exact) mass is 569 g/mol. The van der Waals surface area contributed by atoms with Crippen molar-refractivity contribution in [2.45, 2.75) is 57.4 Å². The minimum Gasteiger partial charge on any atom is -0.350 e. The molecule has 1 unspecified atom stereocenters. The molecule has 208 valence electrons. The summed E-state index contributed by atoms with van der Waals surface area (Å²) in [6, 6.07) is 8.38. The molecule has 0 radical (unpaired) electrons. The van der Waals surface area contributed by atoms with Crippen LogP contribution in [0.1, 0.15) is 53.6 Å². The van der Waals surface area contributed by atoms with Gasteiger partial charge < -0.3 is 14.8 Å². The van der Waals surface area contributed by atoms with Crippen LogP contribution in [-0.4, -0.2) is 57.4 Å². The Bertz CT molecular complexity index is 1570. The highest BCUT2D eigenvalue weighted by molar-refractivity contribution is 6.30. The number of Topliss-reactive ketones (excluding diaryl/α,β-unsaturated/α-hetero) is 3. The van der Waals surface area contributed by atoms with Crippen molar-refractivity contribution >= 4 is 51.7 Å². The molecule has 1 N–H and O–H groups in total.